The van der Waals surface area contributed by atoms with Crippen molar-refractivity contribution in [2.45, 2.75) is 45.2 Å². The minimum Gasteiger partial charge on any atom is -0.350 e. The number of sulfonamides is 1. The Hall–Kier alpha value is -0.920. The molecule has 1 saturated heterocycles. The molecule has 0 radical (unpaired) electrons. The highest BCUT2D eigenvalue weighted by Gasteiger charge is 2.34. The zero-order chi connectivity index (χ0) is 15.5. The topological polar surface area (TPSA) is 66.5 Å². The van der Waals surface area contributed by atoms with Crippen LogP contribution in [-0.2, 0) is 27.8 Å². The summed E-state index contributed by atoms with van der Waals surface area (Å²) in [4.78, 5) is 14.7. The summed E-state index contributed by atoms with van der Waals surface area (Å²) in [6.07, 6.45) is 4.47. The number of rotatable bonds is 5. The van der Waals surface area contributed by atoms with Crippen LogP contribution in [0, 0.1) is 0 Å². The molecule has 0 unspecified atom stereocenters. The molecule has 1 aliphatic rings. The van der Waals surface area contributed by atoms with E-state index in [9.17, 15) is 13.2 Å². The summed E-state index contributed by atoms with van der Waals surface area (Å²) < 4.78 is 24.9. The number of nitrogens with one attached hydrogen (secondary N) is 1. The van der Waals surface area contributed by atoms with Gasteiger partial charge < -0.3 is 5.32 Å². The van der Waals surface area contributed by atoms with E-state index in [1.165, 1.54) is 15.4 Å². The second-order valence-corrected chi connectivity index (χ2v) is 8.51. The van der Waals surface area contributed by atoms with Gasteiger partial charge in [-0.15, -0.1) is 11.3 Å². The maximum atomic E-state index is 12.3. The highest BCUT2D eigenvalue weighted by Crippen LogP contribution is 2.21. The van der Waals surface area contributed by atoms with Crippen LogP contribution in [0.4, 0.5) is 0 Å². The molecule has 1 fully saturated rings. The molecule has 5 nitrogen and oxygen atoms in total. The molecule has 1 aromatic heterocycles. The summed E-state index contributed by atoms with van der Waals surface area (Å²) in [7, 11) is -3.33. The molecule has 2 rings (SSSR count). The van der Waals surface area contributed by atoms with Crippen molar-refractivity contribution in [3.63, 3.8) is 0 Å². The smallest absolute Gasteiger partial charge is 0.238 e. The second-order valence-electron chi connectivity index (χ2n) is 5.32. The van der Waals surface area contributed by atoms with Gasteiger partial charge in [-0.3, -0.25) is 4.79 Å². The van der Waals surface area contributed by atoms with Crippen LogP contribution in [0.1, 0.15) is 35.9 Å². The third-order valence-corrected chi connectivity index (χ3v) is 6.20. The van der Waals surface area contributed by atoms with E-state index < -0.39 is 16.1 Å². The average Bonchev–Trinajstić information content (AvgIpc) is 2.92. The Kier molecular flexibility index (Phi) is 5.40. The second kappa shape index (κ2) is 6.89. The standard InChI is InChI=1S/C14H22N2O3S2/c1-3-11-7-8-12(20-11)10-15-14(17)13-6-4-5-9-16(13)21(2,18)19/h7-8,13H,3-6,9-10H2,1-2H3,(H,15,17)/t13-/m0/s1. The van der Waals surface area contributed by atoms with Gasteiger partial charge in [0.15, 0.2) is 0 Å². The average molecular weight is 330 g/mol. The first-order valence-electron chi connectivity index (χ1n) is 7.24. The van der Waals surface area contributed by atoms with Gasteiger partial charge in [-0.05, 0) is 31.4 Å². The number of piperidine rings is 1. The van der Waals surface area contributed by atoms with Crippen molar-refractivity contribution in [2.24, 2.45) is 0 Å². The SMILES string of the molecule is CCc1ccc(CNC(=O)[C@@H]2CCCCN2S(C)(=O)=O)s1. The van der Waals surface area contributed by atoms with E-state index >= 15 is 0 Å². The van der Waals surface area contributed by atoms with Crippen molar-refractivity contribution in [1.82, 2.24) is 9.62 Å². The molecule has 2 heterocycles. The Morgan fingerprint density at radius 2 is 2.10 bits per heavy atom. The summed E-state index contributed by atoms with van der Waals surface area (Å²) in [5.74, 6) is -0.188. The first kappa shape index (κ1) is 16.5. The highest BCUT2D eigenvalue weighted by atomic mass is 32.2. The zero-order valence-electron chi connectivity index (χ0n) is 12.5. The van der Waals surface area contributed by atoms with Crippen LogP contribution in [0.2, 0.25) is 0 Å². The van der Waals surface area contributed by atoms with Gasteiger partial charge in [-0.25, -0.2) is 8.42 Å². The van der Waals surface area contributed by atoms with Crippen molar-refractivity contribution in [1.29, 1.82) is 0 Å². The van der Waals surface area contributed by atoms with Gasteiger partial charge in [-0.1, -0.05) is 13.3 Å². The van der Waals surface area contributed by atoms with Crippen LogP contribution >= 0.6 is 11.3 Å². The molecule has 7 heteroatoms. The summed E-state index contributed by atoms with van der Waals surface area (Å²) in [5, 5.41) is 2.87. The number of hydrogen-bond acceptors (Lipinski definition) is 4. The lowest BCUT2D eigenvalue weighted by molar-refractivity contribution is -0.125. The molecule has 0 spiro atoms. The molecule has 1 amide bonds. The van der Waals surface area contributed by atoms with E-state index in [-0.39, 0.29) is 5.91 Å². The van der Waals surface area contributed by atoms with Crippen LogP contribution in [0.3, 0.4) is 0 Å². The quantitative estimate of drug-likeness (QED) is 0.894. The molecule has 0 aromatic carbocycles. The van der Waals surface area contributed by atoms with Crippen LogP contribution in [0.5, 0.6) is 0 Å². The van der Waals surface area contributed by atoms with Gasteiger partial charge in [0.05, 0.1) is 12.8 Å². The lowest BCUT2D eigenvalue weighted by atomic mass is 10.0. The monoisotopic (exact) mass is 330 g/mol. The molecule has 0 bridgehead atoms. The van der Waals surface area contributed by atoms with E-state index in [1.54, 1.807) is 11.3 Å². The lowest BCUT2D eigenvalue weighted by Crippen LogP contribution is -2.51. The lowest BCUT2D eigenvalue weighted by Gasteiger charge is -2.32. The van der Waals surface area contributed by atoms with Crippen molar-refractivity contribution >= 4 is 27.3 Å². The molecule has 0 aliphatic carbocycles. The summed E-state index contributed by atoms with van der Waals surface area (Å²) in [6.45, 7) is 3.01. The van der Waals surface area contributed by atoms with Crippen molar-refractivity contribution in [2.75, 3.05) is 12.8 Å². The third kappa shape index (κ3) is 4.28. The third-order valence-electron chi connectivity index (χ3n) is 3.68. The number of thiophene rings is 1. The first-order valence-corrected chi connectivity index (χ1v) is 9.90. The number of hydrogen-bond donors (Lipinski definition) is 1. The number of aryl methyl sites for hydroxylation is 1. The van der Waals surface area contributed by atoms with Gasteiger partial charge in [0, 0.05) is 16.3 Å². The minimum atomic E-state index is -3.33. The molecular formula is C14H22N2O3S2. The normalized spacial score (nSPS) is 20.4. The van der Waals surface area contributed by atoms with Gasteiger partial charge >= 0.3 is 0 Å². The molecule has 1 N–H and O–H groups in total. The molecule has 0 saturated carbocycles. The fourth-order valence-corrected chi connectivity index (χ4v) is 4.59. The Labute approximate surface area is 130 Å². The van der Waals surface area contributed by atoms with Crippen LogP contribution < -0.4 is 5.32 Å². The van der Waals surface area contributed by atoms with Crippen molar-refractivity contribution in [3.8, 4) is 0 Å². The molecule has 118 valence electrons. The summed E-state index contributed by atoms with van der Waals surface area (Å²) >= 11 is 1.68. The van der Waals surface area contributed by atoms with Crippen molar-refractivity contribution in [3.05, 3.63) is 21.9 Å². The Morgan fingerprint density at radius 3 is 2.71 bits per heavy atom. The number of nitrogens with zero attached hydrogens (tertiary/aromatic N) is 1. The highest BCUT2D eigenvalue weighted by molar-refractivity contribution is 7.88. The summed E-state index contributed by atoms with van der Waals surface area (Å²) in [5.41, 5.74) is 0. The predicted octanol–water partition coefficient (Wildman–Crippen LogP) is 1.74. The molecule has 1 atom stereocenters. The molecular weight excluding hydrogens is 308 g/mol. The molecule has 1 aromatic rings. The zero-order valence-corrected chi connectivity index (χ0v) is 14.1. The van der Waals surface area contributed by atoms with E-state index in [4.69, 9.17) is 0 Å². The Morgan fingerprint density at radius 1 is 1.38 bits per heavy atom. The fraction of sp³-hybridized carbons (Fsp3) is 0.643. The van der Waals surface area contributed by atoms with Gasteiger partial charge in [0.2, 0.25) is 15.9 Å². The number of amides is 1. The maximum absolute atomic E-state index is 12.3. The molecule has 1 aliphatic heterocycles. The first-order chi connectivity index (χ1) is 9.91. The van der Waals surface area contributed by atoms with Crippen LogP contribution in [-0.4, -0.2) is 37.5 Å². The fourth-order valence-electron chi connectivity index (χ4n) is 2.56. The Bertz CT molecular complexity index is 595. The minimum absolute atomic E-state index is 0.188. The Balaban J connectivity index is 1.97. The number of carbonyl (C=O) groups is 1. The van der Waals surface area contributed by atoms with Gasteiger partial charge in [-0.2, -0.15) is 4.31 Å². The number of carbonyl (C=O) groups excluding carboxylic acids is 1. The van der Waals surface area contributed by atoms with Crippen LogP contribution in [0.15, 0.2) is 12.1 Å². The van der Waals surface area contributed by atoms with Gasteiger partial charge in [0.25, 0.3) is 0 Å². The predicted molar refractivity (Wildman–Crippen MR) is 84.7 cm³/mol. The van der Waals surface area contributed by atoms with E-state index in [0.29, 0.717) is 19.5 Å². The maximum Gasteiger partial charge on any atom is 0.238 e. The van der Waals surface area contributed by atoms with E-state index in [2.05, 4.69) is 18.3 Å². The molecule has 21 heavy (non-hydrogen) atoms. The van der Waals surface area contributed by atoms with Gasteiger partial charge in [0.1, 0.15) is 6.04 Å². The van der Waals surface area contributed by atoms with E-state index in [0.717, 1.165) is 24.1 Å². The largest absolute Gasteiger partial charge is 0.350 e. The summed E-state index contributed by atoms with van der Waals surface area (Å²) in [6, 6.07) is 3.52. The van der Waals surface area contributed by atoms with Crippen molar-refractivity contribution < 1.29 is 13.2 Å². The van der Waals surface area contributed by atoms with E-state index in [1.807, 2.05) is 6.07 Å². The van der Waals surface area contributed by atoms with Crippen LogP contribution in [0.25, 0.3) is 0 Å².